The van der Waals surface area contributed by atoms with E-state index >= 15 is 0 Å². The van der Waals surface area contributed by atoms with Gasteiger partial charge in [0.25, 0.3) is 5.56 Å². The van der Waals surface area contributed by atoms with Gasteiger partial charge >= 0.3 is 17.9 Å². The van der Waals surface area contributed by atoms with Gasteiger partial charge in [-0.3, -0.25) is 9.36 Å². The third kappa shape index (κ3) is 5.65. The van der Waals surface area contributed by atoms with Crippen LogP contribution in [-0.4, -0.2) is 62.1 Å². The van der Waals surface area contributed by atoms with E-state index in [1.807, 2.05) is 0 Å². The first kappa shape index (κ1) is 28.4. The van der Waals surface area contributed by atoms with E-state index in [1.54, 1.807) is 91.0 Å². The smallest absolute Gasteiger partial charge is 0.338 e. The second-order valence-corrected chi connectivity index (χ2v) is 9.81. The van der Waals surface area contributed by atoms with Crippen LogP contribution >= 0.6 is 0 Å². The highest BCUT2D eigenvalue weighted by Crippen LogP contribution is 2.38. The first-order valence-electron chi connectivity index (χ1n) is 13.6. The molecule has 2 aromatic heterocycles. The lowest BCUT2D eigenvalue weighted by Crippen LogP contribution is -2.41. The van der Waals surface area contributed by atoms with E-state index in [0.29, 0.717) is 0 Å². The zero-order valence-electron chi connectivity index (χ0n) is 23.0. The Kier molecular flexibility index (Phi) is 7.89. The number of carbonyl (C=O) groups is 3. The molecule has 1 aliphatic heterocycles. The largest absolute Gasteiger partial charge is 0.494 e. The van der Waals surface area contributed by atoms with Gasteiger partial charge in [-0.1, -0.05) is 54.6 Å². The molecule has 0 amide bonds. The fraction of sp³-hybridized carbons (Fsp3) is 0.156. The minimum absolute atomic E-state index is 0.107. The highest BCUT2D eigenvalue weighted by Gasteiger charge is 2.52. The van der Waals surface area contributed by atoms with Crippen molar-refractivity contribution in [2.45, 2.75) is 24.5 Å². The SMILES string of the molecule is O=C(OC[C@H]1O[C@@H](n2c(O)cc(=O)n3nccc23)[C@H](OC(=O)c2ccccc2)[C@@H]1OC(=O)c1ccccc1)c1ccccc1. The fourth-order valence-corrected chi connectivity index (χ4v) is 4.93. The van der Waals surface area contributed by atoms with Gasteiger partial charge in [-0.15, -0.1) is 0 Å². The molecule has 44 heavy (non-hydrogen) atoms. The molecule has 5 aromatic rings. The normalized spacial score (nSPS) is 19.4. The Morgan fingerprint density at radius 3 is 1.84 bits per heavy atom. The van der Waals surface area contributed by atoms with E-state index in [9.17, 15) is 24.3 Å². The molecular weight excluding hydrogens is 570 g/mol. The number of ether oxygens (including phenoxy) is 4. The summed E-state index contributed by atoms with van der Waals surface area (Å²) in [6.07, 6.45) is -3.89. The molecule has 12 heteroatoms. The molecule has 1 saturated heterocycles. The van der Waals surface area contributed by atoms with Gasteiger partial charge in [0.1, 0.15) is 18.4 Å². The highest BCUT2D eigenvalue weighted by atomic mass is 16.7. The van der Waals surface area contributed by atoms with Gasteiger partial charge < -0.3 is 24.1 Å². The summed E-state index contributed by atoms with van der Waals surface area (Å²) in [5, 5.41) is 14.9. The molecule has 222 valence electrons. The minimum atomic E-state index is -1.39. The molecule has 0 bridgehead atoms. The number of rotatable bonds is 8. The van der Waals surface area contributed by atoms with E-state index < -0.39 is 60.5 Å². The average molecular weight is 596 g/mol. The average Bonchev–Trinajstić information content (AvgIpc) is 3.67. The molecule has 0 saturated carbocycles. The highest BCUT2D eigenvalue weighted by molar-refractivity contribution is 5.91. The van der Waals surface area contributed by atoms with Crippen LogP contribution in [0.4, 0.5) is 0 Å². The molecule has 0 aliphatic carbocycles. The third-order valence-corrected chi connectivity index (χ3v) is 7.01. The lowest BCUT2D eigenvalue weighted by Gasteiger charge is -2.26. The van der Waals surface area contributed by atoms with Crippen molar-refractivity contribution in [1.29, 1.82) is 0 Å². The van der Waals surface area contributed by atoms with E-state index in [4.69, 9.17) is 18.9 Å². The predicted molar refractivity (Wildman–Crippen MR) is 153 cm³/mol. The summed E-state index contributed by atoms with van der Waals surface area (Å²) in [6.45, 7) is -0.410. The van der Waals surface area contributed by atoms with E-state index in [2.05, 4.69) is 5.10 Å². The molecule has 12 nitrogen and oxygen atoms in total. The topological polar surface area (TPSA) is 148 Å². The lowest BCUT2D eigenvalue weighted by molar-refractivity contribution is -0.0631. The molecule has 1 aliphatic rings. The number of benzene rings is 3. The van der Waals surface area contributed by atoms with Crippen molar-refractivity contribution in [2.75, 3.05) is 6.61 Å². The Labute approximate surface area is 249 Å². The zero-order valence-corrected chi connectivity index (χ0v) is 23.0. The fourth-order valence-electron chi connectivity index (χ4n) is 4.93. The molecule has 4 atom stereocenters. The number of fused-ring (bicyclic) bond motifs is 1. The molecule has 0 radical (unpaired) electrons. The van der Waals surface area contributed by atoms with E-state index in [1.165, 1.54) is 16.8 Å². The predicted octanol–water partition coefficient (Wildman–Crippen LogP) is 3.41. The van der Waals surface area contributed by atoms with Gasteiger partial charge in [0.2, 0.25) is 0 Å². The van der Waals surface area contributed by atoms with Crippen molar-refractivity contribution < 1.29 is 38.4 Å². The van der Waals surface area contributed by atoms with Crippen molar-refractivity contribution in [3.05, 3.63) is 136 Å². The number of hydrogen-bond donors (Lipinski definition) is 1. The van der Waals surface area contributed by atoms with Gasteiger partial charge in [-0.25, -0.2) is 14.4 Å². The summed E-state index contributed by atoms with van der Waals surface area (Å²) in [7, 11) is 0. The van der Waals surface area contributed by atoms with Gasteiger partial charge in [-0.2, -0.15) is 9.61 Å². The number of esters is 3. The van der Waals surface area contributed by atoms with E-state index in [-0.39, 0.29) is 22.3 Å². The molecule has 0 spiro atoms. The summed E-state index contributed by atoms with van der Waals surface area (Å²) in [5.41, 5.74) is 0.197. The monoisotopic (exact) mass is 595 g/mol. The summed E-state index contributed by atoms with van der Waals surface area (Å²) < 4.78 is 25.8. The van der Waals surface area contributed by atoms with Crippen LogP contribution in [0.1, 0.15) is 37.3 Å². The van der Waals surface area contributed by atoms with Crippen molar-refractivity contribution >= 4 is 23.6 Å². The standard InChI is InChI=1S/C32H25N3O9/c36-25-18-26(37)35-24(16-17-33-35)34(25)29-28(44-32(40)22-14-8-3-9-15-22)27(43-31(39)21-12-6-2-7-13-21)23(42-29)19-41-30(38)20-10-4-1-5-11-20/h1-18,23,27-29,36H,19H2/t23-,27-,28-,29-/m1/s1. The van der Waals surface area contributed by atoms with Crippen LogP contribution in [0.5, 0.6) is 5.88 Å². The molecule has 3 aromatic carbocycles. The number of aromatic nitrogens is 3. The second-order valence-electron chi connectivity index (χ2n) is 9.81. The first-order valence-corrected chi connectivity index (χ1v) is 13.6. The van der Waals surface area contributed by atoms with Crippen molar-refractivity contribution in [3.63, 3.8) is 0 Å². The number of hydrogen-bond acceptors (Lipinski definition) is 10. The van der Waals surface area contributed by atoms with Crippen molar-refractivity contribution in [3.8, 4) is 5.88 Å². The number of nitrogens with zero attached hydrogens (tertiary/aromatic N) is 3. The Morgan fingerprint density at radius 1 is 0.750 bits per heavy atom. The summed E-state index contributed by atoms with van der Waals surface area (Å²) in [4.78, 5) is 51.9. The van der Waals surface area contributed by atoms with E-state index in [0.717, 1.165) is 10.6 Å². The van der Waals surface area contributed by atoms with Crippen molar-refractivity contribution in [2.24, 2.45) is 0 Å². The third-order valence-electron chi connectivity index (χ3n) is 7.01. The summed E-state index contributed by atoms with van der Waals surface area (Å²) in [5.74, 6) is -2.70. The molecule has 1 fully saturated rings. The number of aromatic hydroxyl groups is 1. The van der Waals surface area contributed by atoms with Crippen molar-refractivity contribution in [1.82, 2.24) is 14.2 Å². The van der Waals surface area contributed by atoms with Crippen LogP contribution < -0.4 is 5.56 Å². The van der Waals surface area contributed by atoms with Crippen LogP contribution in [0, 0.1) is 0 Å². The molecular formula is C32H25N3O9. The second kappa shape index (κ2) is 12.2. The Morgan fingerprint density at radius 2 is 1.27 bits per heavy atom. The minimum Gasteiger partial charge on any atom is -0.494 e. The molecule has 3 heterocycles. The van der Waals surface area contributed by atoms with Crippen LogP contribution in [-0.2, 0) is 18.9 Å². The van der Waals surface area contributed by atoms with Crippen LogP contribution in [0.15, 0.2) is 114 Å². The van der Waals surface area contributed by atoms with Crippen LogP contribution in [0.25, 0.3) is 5.65 Å². The maximum Gasteiger partial charge on any atom is 0.338 e. The van der Waals surface area contributed by atoms with Crippen LogP contribution in [0.3, 0.4) is 0 Å². The maximum absolute atomic E-state index is 13.3. The molecule has 1 N–H and O–H groups in total. The molecule has 6 rings (SSSR count). The van der Waals surface area contributed by atoms with Gasteiger partial charge in [0.05, 0.1) is 29.0 Å². The summed E-state index contributed by atoms with van der Waals surface area (Å²) >= 11 is 0. The zero-order chi connectivity index (χ0) is 30.6. The van der Waals surface area contributed by atoms with Crippen LogP contribution in [0.2, 0.25) is 0 Å². The van der Waals surface area contributed by atoms with Gasteiger partial charge in [-0.05, 0) is 36.4 Å². The number of carbonyl (C=O) groups excluding carboxylic acids is 3. The summed E-state index contributed by atoms with van der Waals surface area (Å²) in [6, 6.07) is 26.9. The Hall–Kier alpha value is -5.75. The Bertz CT molecular complexity index is 1860. The quantitative estimate of drug-likeness (QED) is 0.209. The van der Waals surface area contributed by atoms with Gasteiger partial charge in [0, 0.05) is 6.07 Å². The first-order chi connectivity index (χ1) is 21.4. The molecule has 0 unspecified atom stereocenters. The maximum atomic E-state index is 13.3. The van der Waals surface area contributed by atoms with Gasteiger partial charge in [0.15, 0.2) is 24.3 Å². The lowest BCUT2D eigenvalue weighted by atomic mass is 10.1. The Balaban J connectivity index is 1.40.